The summed E-state index contributed by atoms with van der Waals surface area (Å²) < 4.78 is 0. The zero-order valence-electron chi connectivity index (χ0n) is 10.3. The summed E-state index contributed by atoms with van der Waals surface area (Å²) >= 11 is 0. The third-order valence-electron chi connectivity index (χ3n) is 2.96. The van der Waals surface area contributed by atoms with Gasteiger partial charge in [0.2, 0.25) is 5.91 Å². The van der Waals surface area contributed by atoms with Gasteiger partial charge in [-0.05, 0) is 6.07 Å². The van der Waals surface area contributed by atoms with E-state index < -0.39 is 4.92 Å². The van der Waals surface area contributed by atoms with Crippen molar-refractivity contribution < 1.29 is 9.72 Å². The van der Waals surface area contributed by atoms with Gasteiger partial charge in [-0.1, -0.05) is 0 Å². The van der Waals surface area contributed by atoms with Crippen LogP contribution in [0.15, 0.2) is 18.2 Å². The lowest BCUT2D eigenvalue weighted by Crippen LogP contribution is -2.28. The number of carbonyl (C=O) groups excluding carboxylic acids is 1. The fourth-order valence-corrected chi connectivity index (χ4v) is 1.99. The summed E-state index contributed by atoms with van der Waals surface area (Å²) in [6.45, 7) is 1.65. The first-order valence-corrected chi connectivity index (χ1v) is 5.88. The highest BCUT2D eigenvalue weighted by Gasteiger charge is 2.17. The van der Waals surface area contributed by atoms with Gasteiger partial charge in [0.25, 0.3) is 5.69 Å². The number of carbonyl (C=O) groups is 1. The first-order valence-electron chi connectivity index (χ1n) is 5.88. The van der Waals surface area contributed by atoms with Crippen LogP contribution in [0, 0.1) is 10.1 Å². The fourth-order valence-electron chi connectivity index (χ4n) is 1.99. The molecule has 8 nitrogen and oxygen atoms in total. The van der Waals surface area contributed by atoms with Crippen molar-refractivity contribution in [3.8, 4) is 0 Å². The van der Waals surface area contributed by atoms with Crippen LogP contribution in [0.25, 0.3) is 0 Å². The lowest BCUT2D eigenvalue weighted by molar-refractivity contribution is -0.384. The Kier molecular flexibility index (Phi) is 3.81. The van der Waals surface area contributed by atoms with Crippen molar-refractivity contribution in [1.29, 1.82) is 0 Å². The van der Waals surface area contributed by atoms with Gasteiger partial charge in [-0.15, -0.1) is 0 Å². The molecule has 8 heteroatoms. The van der Waals surface area contributed by atoms with Gasteiger partial charge in [0, 0.05) is 43.9 Å². The molecular formula is C11H15N5O3. The number of benzene rings is 1. The second kappa shape index (κ2) is 5.53. The minimum absolute atomic E-state index is 0.00916. The van der Waals surface area contributed by atoms with E-state index in [4.69, 9.17) is 5.84 Å². The van der Waals surface area contributed by atoms with Crippen LogP contribution >= 0.6 is 0 Å². The second-order valence-corrected chi connectivity index (χ2v) is 4.23. The molecule has 4 N–H and O–H groups in total. The summed E-state index contributed by atoms with van der Waals surface area (Å²) in [5, 5.41) is 13.6. The molecule has 102 valence electrons. The second-order valence-electron chi connectivity index (χ2n) is 4.23. The van der Waals surface area contributed by atoms with Gasteiger partial charge in [0.05, 0.1) is 10.6 Å². The molecule has 1 aliphatic rings. The predicted octanol–water partition coefficient (Wildman–Crippen LogP) is 0.207. The number of nitro groups is 1. The van der Waals surface area contributed by atoms with E-state index in [1.807, 2.05) is 4.90 Å². The average molecular weight is 265 g/mol. The third-order valence-corrected chi connectivity index (χ3v) is 2.96. The smallest absolute Gasteiger partial charge is 0.273 e. The van der Waals surface area contributed by atoms with Crippen LogP contribution in [0.5, 0.6) is 0 Å². The van der Waals surface area contributed by atoms with E-state index >= 15 is 0 Å². The van der Waals surface area contributed by atoms with Crippen molar-refractivity contribution in [2.45, 2.75) is 6.42 Å². The Morgan fingerprint density at radius 1 is 1.37 bits per heavy atom. The number of amides is 1. The summed E-state index contributed by atoms with van der Waals surface area (Å²) in [7, 11) is 0. The molecule has 0 radical (unpaired) electrons. The zero-order chi connectivity index (χ0) is 13.8. The van der Waals surface area contributed by atoms with E-state index in [1.54, 1.807) is 6.07 Å². The van der Waals surface area contributed by atoms with E-state index in [1.165, 1.54) is 12.1 Å². The van der Waals surface area contributed by atoms with Crippen LogP contribution in [0.2, 0.25) is 0 Å². The van der Waals surface area contributed by atoms with E-state index in [2.05, 4.69) is 10.7 Å². The summed E-state index contributed by atoms with van der Waals surface area (Å²) in [6.07, 6.45) is 0.369. The van der Waals surface area contributed by atoms with Gasteiger partial charge >= 0.3 is 0 Å². The lowest BCUT2D eigenvalue weighted by Gasteiger charge is -2.22. The number of hydrogen-bond donors (Lipinski definition) is 3. The van der Waals surface area contributed by atoms with Gasteiger partial charge in [-0.3, -0.25) is 20.8 Å². The number of non-ortho nitro benzene ring substituents is 1. The number of nitro benzene ring substituents is 1. The van der Waals surface area contributed by atoms with E-state index in [0.29, 0.717) is 37.4 Å². The van der Waals surface area contributed by atoms with E-state index in [9.17, 15) is 14.9 Å². The van der Waals surface area contributed by atoms with Gasteiger partial charge in [0.1, 0.15) is 0 Å². The maximum Gasteiger partial charge on any atom is 0.273 e. The Morgan fingerprint density at radius 2 is 2.16 bits per heavy atom. The normalized spacial score (nSPS) is 15.6. The molecule has 1 saturated heterocycles. The number of nitrogens with zero attached hydrogens (tertiary/aromatic N) is 2. The molecule has 1 aliphatic heterocycles. The quantitative estimate of drug-likeness (QED) is 0.409. The molecule has 0 saturated carbocycles. The van der Waals surface area contributed by atoms with Crippen LogP contribution < -0.4 is 21.5 Å². The topological polar surface area (TPSA) is 114 Å². The number of nitrogens with two attached hydrogens (primary N) is 1. The van der Waals surface area contributed by atoms with Crippen molar-refractivity contribution in [2.75, 3.05) is 30.0 Å². The van der Waals surface area contributed by atoms with Crippen molar-refractivity contribution in [2.24, 2.45) is 5.84 Å². The van der Waals surface area contributed by atoms with Crippen LogP contribution in [0.3, 0.4) is 0 Å². The number of nitrogens with one attached hydrogen (secondary N) is 2. The standard InChI is InChI=1S/C11H15N5O3/c12-14-8-5-9(7-10(6-8)16(18)19)15-3-1-11(17)13-2-4-15/h5-7,14H,1-4,12H2,(H,13,17). The minimum Gasteiger partial charge on any atom is -0.369 e. The molecule has 1 amide bonds. The predicted molar refractivity (Wildman–Crippen MR) is 70.7 cm³/mol. The van der Waals surface area contributed by atoms with Crippen molar-refractivity contribution in [3.05, 3.63) is 28.3 Å². The number of rotatable bonds is 3. The Hall–Kier alpha value is -2.35. The van der Waals surface area contributed by atoms with Gasteiger partial charge in [-0.2, -0.15) is 0 Å². The molecule has 0 bridgehead atoms. The third kappa shape index (κ3) is 3.10. The van der Waals surface area contributed by atoms with Gasteiger partial charge in [0.15, 0.2) is 0 Å². The van der Waals surface area contributed by atoms with Gasteiger partial charge < -0.3 is 15.6 Å². The summed E-state index contributed by atoms with van der Waals surface area (Å²) in [6, 6.07) is 4.57. The first kappa shape index (κ1) is 13.1. The van der Waals surface area contributed by atoms with E-state index in [0.717, 1.165) is 0 Å². The Balaban J connectivity index is 2.29. The molecule has 0 atom stereocenters. The Bertz CT molecular complexity index is 505. The van der Waals surface area contributed by atoms with Crippen molar-refractivity contribution >= 4 is 23.0 Å². The zero-order valence-corrected chi connectivity index (χ0v) is 10.3. The van der Waals surface area contributed by atoms with Crippen LogP contribution in [0.1, 0.15) is 6.42 Å². The fraction of sp³-hybridized carbons (Fsp3) is 0.364. The number of hydrogen-bond acceptors (Lipinski definition) is 6. The molecule has 1 aromatic rings. The minimum atomic E-state index is -0.467. The number of hydrazine groups is 1. The van der Waals surface area contributed by atoms with Crippen LogP contribution in [0.4, 0.5) is 17.1 Å². The highest BCUT2D eigenvalue weighted by Crippen LogP contribution is 2.27. The van der Waals surface area contributed by atoms with E-state index in [-0.39, 0.29) is 11.6 Å². The van der Waals surface area contributed by atoms with Crippen molar-refractivity contribution in [1.82, 2.24) is 5.32 Å². The average Bonchev–Trinajstić information content (AvgIpc) is 2.63. The first-order chi connectivity index (χ1) is 9.10. The monoisotopic (exact) mass is 265 g/mol. The molecule has 0 spiro atoms. The maximum absolute atomic E-state index is 11.3. The van der Waals surface area contributed by atoms with Crippen LogP contribution in [-0.4, -0.2) is 30.5 Å². The molecule has 2 rings (SSSR count). The number of anilines is 2. The molecule has 1 heterocycles. The Labute approximate surface area is 109 Å². The van der Waals surface area contributed by atoms with Gasteiger partial charge in [-0.25, -0.2) is 0 Å². The van der Waals surface area contributed by atoms with Crippen molar-refractivity contribution in [3.63, 3.8) is 0 Å². The highest BCUT2D eigenvalue weighted by atomic mass is 16.6. The molecule has 19 heavy (non-hydrogen) atoms. The molecule has 1 aromatic carbocycles. The summed E-state index contributed by atoms with van der Waals surface area (Å²) in [4.78, 5) is 23.6. The molecule has 1 fully saturated rings. The highest BCUT2D eigenvalue weighted by molar-refractivity contribution is 5.77. The van der Waals surface area contributed by atoms with Crippen LogP contribution in [-0.2, 0) is 4.79 Å². The number of nitrogen functional groups attached to an aromatic ring is 1. The summed E-state index contributed by atoms with van der Waals surface area (Å²) in [5.41, 5.74) is 3.52. The molecule has 0 aromatic heterocycles. The largest absolute Gasteiger partial charge is 0.369 e. The maximum atomic E-state index is 11.3. The molecule has 0 unspecified atom stereocenters. The molecule has 0 aliphatic carbocycles. The Morgan fingerprint density at radius 3 is 2.84 bits per heavy atom. The molecular weight excluding hydrogens is 250 g/mol. The SMILES string of the molecule is NNc1cc(N2CCNC(=O)CC2)cc([N+](=O)[O-])c1. The lowest BCUT2D eigenvalue weighted by atomic mass is 10.2. The summed E-state index contributed by atoms with van der Waals surface area (Å²) in [5.74, 6) is 5.30.